The number of anilines is 1. The summed E-state index contributed by atoms with van der Waals surface area (Å²) in [4.78, 5) is 2.50. The molecule has 4 heteroatoms. The SMILES string of the molecule is CC(C)(C)n1nc(CBr)cc1-c1ccc(N2CCCCC2)cc1. The lowest BCUT2D eigenvalue weighted by molar-refractivity contribution is 0.358. The van der Waals surface area contributed by atoms with E-state index in [0.29, 0.717) is 0 Å². The van der Waals surface area contributed by atoms with Crippen molar-refractivity contribution in [3.05, 3.63) is 36.0 Å². The van der Waals surface area contributed by atoms with Crippen LogP contribution in [-0.2, 0) is 10.9 Å². The number of hydrogen-bond acceptors (Lipinski definition) is 2. The van der Waals surface area contributed by atoms with Gasteiger partial charge in [0.1, 0.15) is 0 Å². The van der Waals surface area contributed by atoms with E-state index in [1.54, 1.807) is 0 Å². The van der Waals surface area contributed by atoms with Crippen LogP contribution in [0.2, 0.25) is 0 Å². The second-order valence-electron chi connectivity index (χ2n) is 7.33. The monoisotopic (exact) mass is 375 g/mol. The Morgan fingerprint density at radius 2 is 1.70 bits per heavy atom. The van der Waals surface area contributed by atoms with E-state index in [1.807, 2.05) is 0 Å². The van der Waals surface area contributed by atoms with Crippen molar-refractivity contribution in [3.63, 3.8) is 0 Å². The number of piperidine rings is 1. The third-order valence-electron chi connectivity index (χ3n) is 4.42. The van der Waals surface area contributed by atoms with Gasteiger partial charge in [-0.15, -0.1) is 0 Å². The van der Waals surface area contributed by atoms with Crippen LogP contribution in [0.15, 0.2) is 30.3 Å². The number of nitrogens with zero attached hydrogens (tertiary/aromatic N) is 3. The van der Waals surface area contributed by atoms with Gasteiger partial charge in [0.2, 0.25) is 0 Å². The third-order valence-corrected chi connectivity index (χ3v) is 4.99. The molecule has 0 radical (unpaired) electrons. The molecule has 1 aliphatic heterocycles. The molecule has 2 heterocycles. The number of benzene rings is 1. The van der Waals surface area contributed by atoms with Gasteiger partial charge in [-0.2, -0.15) is 5.10 Å². The van der Waals surface area contributed by atoms with Gasteiger partial charge in [0.15, 0.2) is 0 Å². The number of aromatic nitrogens is 2. The smallest absolute Gasteiger partial charge is 0.0736 e. The predicted octanol–water partition coefficient (Wildman–Crippen LogP) is 5.19. The summed E-state index contributed by atoms with van der Waals surface area (Å²) in [5, 5.41) is 5.53. The molecule has 0 saturated carbocycles. The number of alkyl halides is 1. The summed E-state index contributed by atoms with van der Waals surface area (Å²) in [6, 6.07) is 11.2. The molecule has 1 aromatic heterocycles. The summed E-state index contributed by atoms with van der Waals surface area (Å²) in [7, 11) is 0. The second-order valence-corrected chi connectivity index (χ2v) is 7.89. The fourth-order valence-electron chi connectivity index (χ4n) is 3.21. The topological polar surface area (TPSA) is 21.1 Å². The lowest BCUT2D eigenvalue weighted by Gasteiger charge is -2.29. The van der Waals surface area contributed by atoms with Crippen LogP contribution in [0.1, 0.15) is 45.7 Å². The van der Waals surface area contributed by atoms with Gasteiger partial charge < -0.3 is 4.90 Å². The zero-order valence-corrected chi connectivity index (χ0v) is 15.9. The molecule has 3 rings (SSSR count). The summed E-state index contributed by atoms with van der Waals surface area (Å²) >= 11 is 3.53. The molecule has 0 atom stereocenters. The fourth-order valence-corrected chi connectivity index (χ4v) is 3.48. The van der Waals surface area contributed by atoms with E-state index in [0.717, 1.165) is 11.0 Å². The Hall–Kier alpha value is -1.29. The molecular formula is C19H26BrN3. The zero-order chi connectivity index (χ0) is 16.4. The first-order valence-corrected chi connectivity index (χ1v) is 9.62. The minimum Gasteiger partial charge on any atom is -0.372 e. The Morgan fingerprint density at radius 1 is 1.04 bits per heavy atom. The van der Waals surface area contributed by atoms with Crippen molar-refractivity contribution >= 4 is 21.6 Å². The highest BCUT2D eigenvalue weighted by molar-refractivity contribution is 9.08. The van der Waals surface area contributed by atoms with E-state index in [-0.39, 0.29) is 5.54 Å². The Bertz CT molecular complexity index is 646. The van der Waals surface area contributed by atoms with Crippen LogP contribution in [-0.4, -0.2) is 22.9 Å². The summed E-state index contributed by atoms with van der Waals surface area (Å²) < 4.78 is 2.14. The van der Waals surface area contributed by atoms with Crippen molar-refractivity contribution in [1.82, 2.24) is 9.78 Å². The van der Waals surface area contributed by atoms with E-state index in [4.69, 9.17) is 5.10 Å². The average molecular weight is 376 g/mol. The molecule has 0 aliphatic carbocycles. The Labute approximate surface area is 147 Å². The van der Waals surface area contributed by atoms with Crippen molar-refractivity contribution in [2.45, 2.75) is 50.9 Å². The normalized spacial score (nSPS) is 15.9. The van der Waals surface area contributed by atoms with Crippen molar-refractivity contribution in [2.75, 3.05) is 18.0 Å². The van der Waals surface area contributed by atoms with Gasteiger partial charge >= 0.3 is 0 Å². The lowest BCUT2D eigenvalue weighted by Crippen LogP contribution is -2.29. The first-order valence-electron chi connectivity index (χ1n) is 8.50. The lowest BCUT2D eigenvalue weighted by atomic mass is 10.1. The summed E-state index contributed by atoms with van der Waals surface area (Å²) in [6.45, 7) is 8.97. The van der Waals surface area contributed by atoms with Gasteiger partial charge in [0, 0.05) is 24.1 Å². The third kappa shape index (κ3) is 3.63. The van der Waals surface area contributed by atoms with E-state index in [9.17, 15) is 0 Å². The molecule has 0 spiro atoms. The number of rotatable bonds is 3. The Balaban J connectivity index is 1.91. The minimum absolute atomic E-state index is 0.0265. The summed E-state index contributed by atoms with van der Waals surface area (Å²) in [6.07, 6.45) is 4.00. The van der Waals surface area contributed by atoms with Crippen LogP contribution >= 0.6 is 15.9 Å². The molecular weight excluding hydrogens is 350 g/mol. The summed E-state index contributed by atoms with van der Waals surface area (Å²) in [5.41, 5.74) is 4.82. The maximum atomic E-state index is 4.75. The van der Waals surface area contributed by atoms with Gasteiger partial charge in [-0.3, -0.25) is 4.68 Å². The first kappa shape index (κ1) is 16.6. The zero-order valence-electron chi connectivity index (χ0n) is 14.3. The van der Waals surface area contributed by atoms with Crippen LogP contribution in [0.25, 0.3) is 11.3 Å². The molecule has 2 aromatic rings. The molecule has 1 fully saturated rings. The van der Waals surface area contributed by atoms with Crippen LogP contribution in [0.5, 0.6) is 0 Å². The van der Waals surface area contributed by atoms with Crippen LogP contribution in [0.4, 0.5) is 5.69 Å². The molecule has 0 bridgehead atoms. The standard InChI is InChI=1S/C19H26BrN3/c1-19(2,3)23-18(13-16(14-20)21-23)15-7-9-17(10-8-15)22-11-5-4-6-12-22/h7-10,13H,4-6,11-12,14H2,1-3H3. The van der Waals surface area contributed by atoms with Crippen molar-refractivity contribution < 1.29 is 0 Å². The van der Waals surface area contributed by atoms with Crippen LogP contribution in [0.3, 0.4) is 0 Å². The minimum atomic E-state index is -0.0265. The van der Waals surface area contributed by atoms with Crippen molar-refractivity contribution in [1.29, 1.82) is 0 Å². The molecule has 0 N–H and O–H groups in total. The number of halogens is 1. The Morgan fingerprint density at radius 3 is 2.26 bits per heavy atom. The van der Waals surface area contributed by atoms with Crippen LogP contribution < -0.4 is 4.90 Å². The Kier molecular flexibility index (Phi) is 4.81. The largest absolute Gasteiger partial charge is 0.372 e. The van der Waals surface area contributed by atoms with E-state index >= 15 is 0 Å². The second kappa shape index (κ2) is 6.68. The molecule has 0 unspecified atom stereocenters. The van der Waals surface area contributed by atoms with Gasteiger partial charge in [-0.05, 0) is 63.8 Å². The molecule has 3 nitrogen and oxygen atoms in total. The molecule has 1 saturated heterocycles. The molecule has 124 valence electrons. The predicted molar refractivity (Wildman–Crippen MR) is 101 cm³/mol. The van der Waals surface area contributed by atoms with Gasteiger partial charge in [0.05, 0.1) is 16.9 Å². The maximum Gasteiger partial charge on any atom is 0.0736 e. The molecule has 0 amide bonds. The van der Waals surface area contributed by atoms with Crippen molar-refractivity contribution in [2.24, 2.45) is 0 Å². The molecule has 1 aromatic carbocycles. The quantitative estimate of drug-likeness (QED) is 0.688. The van der Waals surface area contributed by atoms with Crippen molar-refractivity contribution in [3.8, 4) is 11.3 Å². The summed E-state index contributed by atoms with van der Waals surface area (Å²) in [5.74, 6) is 0. The molecule has 23 heavy (non-hydrogen) atoms. The highest BCUT2D eigenvalue weighted by atomic mass is 79.9. The van der Waals surface area contributed by atoms with Gasteiger partial charge in [-0.1, -0.05) is 28.1 Å². The highest BCUT2D eigenvalue weighted by Gasteiger charge is 2.20. The van der Waals surface area contributed by atoms with E-state index in [2.05, 4.69) is 76.6 Å². The molecule has 1 aliphatic rings. The van der Waals surface area contributed by atoms with E-state index < -0.39 is 0 Å². The first-order chi connectivity index (χ1) is 11.0. The van der Waals surface area contributed by atoms with E-state index in [1.165, 1.54) is 49.3 Å². The van der Waals surface area contributed by atoms with Gasteiger partial charge in [0.25, 0.3) is 0 Å². The fraction of sp³-hybridized carbons (Fsp3) is 0.526. The number of hydrogen-bond donors (Lipinski definition) is 0. The van der Waals surface area contributed by atoms with Crippen LogP contribution in [0, 0.1) is 0 Å². The average Bonchev–Trinajstić information content (AvgIpc) is 3.01. The van der Waals surface area contributed by atoms with Gasteiger partial charge in [-0.25, -0.2) is 0 Å². The maximum absolute atomic E-state index is 4.75. The highest BCUT2D eigenvalue weighted by Crippen LogP contribution is 2.29.